The number of aryl methyl sites for hydroxylation is 1. The molecular formula is C10H11N5O2S. The van der Waals surface area contributed by atoms with E-state index in [1.807, 2.05) is 6.92 Å². The molecule has 0 aliphatic rings. The molecule has 0 aliphatic carbocycles. The maximum absolute atomic E-state index is 10.6. The van der Waals surface area contributed by atoms with Gasteiger partial charge in [-0.25, -0.2) is 9.97 Å². The monoisotopic (exact) mass is 265 g/mol. The number of aromatic nitrogens is 2. The van der Waals surface area contributed by atoms with Crippen LogP contribution in [0.25, 0.3) is 0 Å². The van der Waals surface area contributed by atoms with Gasteiger partial charge in [0.05, 0.1) is 11.5 Å². The number of pyridine rings is 1. The SMILES string of the molecule is Cc1cnc(CNc2ccc([N+](=O)[O-])c(N)n2)s1. The van der Waals surface area contributed by atoms with Gasteiger partial charge in [-0.15, -0.1) is 11.3 Å². The van der Waals surface area contributed by atoms with Crippen molar-refractivity contribution in [2.24, 2.45) is 0 Å². The van der Waals surface area contributed by atoms with Crippen molar-refractivity contribution in [3.05, 3.63) is 38.3 Å². The van der Waals surface area contributed by atoms with E-state index >= 15 is 0 Å². The van der Waals surface area contributed by atoms with Crippen molar-refractivity contribution in [2.45, 2.75) is 13.5 Å². The first-order valence-electron chi connectivity index (χ1n) is 5.12. The van der Waals surface area contributed by atoms with Gasteiger partial charge in [-0.2, -0.15) is 0 Å². The van der Waals surface area contributed by atoms with Crippen LogP contribution in [0.5, 0.6) is 0 Å². The zero-order chi connectivity index (χ0) is 13.1. The van der Waals surface area contributed by atoms with E-state index in [0.29, 0.717) is 12.4 Å². The molecule has 0 saturated heterocycles. The first kappa shape index (κ1) is 12.2. The summed E-state index contributed by atoms with van der Waals surface area (Å²) in [6, 6.07) is 2.85. The molecule has 7 nitrogen and oxygen atoms in total. The van der Waals surface area contributed by atoms with Crippen molar-refractivity contribution in [1.29, 1.82) is 0 Å². The third-order valence-corrected chi connectivity index (χ3v) is 3.10. The minimum Gasteiger partial charge on any atom is -0.378 e. The molecule has 0 aliphatic heterocycles. The Hall–Kier alpha value is -2.22. The number of nitrogen functional groups attached to an aromatic ring is 1. The van der Waals surface area contributed by atoms with E-state index in [4.69, 9.17) is 5.73 Å². The molecular weight excluding hydrogens is 254 g/mol. The highest BCUT2D eigenvalue weighted by Gasteiger charge is 2.12. The highest BCUT2D eigenvalue weighted by molar-refractivity contribution is 7.11. The van der Waals surface area contributed by atoms with Gasteiger partial charge >= 0.3 is 5.69 Å². The normalized spacial score (nSPS) is 10.3. The zero-order valence-corrected chi connectivity index (χ0v) is 10.4. The van der Waals surface area contributed by atoms with Crippen molar-refractivity contribution < 1.29 is 4.92 Å². The molecule has 0 aromatic carbocycles. The zero-order valence-electron chi connectivity index (χ0n) is 9.58. The van der Waals surface area contributed by atoms with Crippen LogP contribution in [-0.2, 0) is 6.54 Å². The van der Waals surface area contributed by atoms with Gasteiger partial charge in [0.15, 0.2) is 0 Å². The van der Waals surface area contributed by atoms with E-state index < -0.39 is 4.92 Å². The molecule has 8 heteroatoms. The van der Waals surface area contributed by atoms with Crippen LogP contribution >= 0.6 is 11.3 Å². The molecule has 0 fully saturated rings. The summed E-state index contributed by atoms with van der Waals surface area (Å²) in [4.78, 5) is 19.2. The van der Waals surface area contributed by atoms with Gasteiger partial charge in [0.1, 0.15) is 10.8 Å². The van der Waals surface area contributed by atoms with Gasteiger partial charge in [0.25, 0.3) is 0 Å². The quantitative estimate of drug-likeness (QED) is 0.646. The lowest BCUT2D eigenvalue weighted by Crippen LogP contribution is -2.04. The molecule has 2 heterocycles. The van der Waals surface area contributed by atoms with E-state index in [1.165, 1.54) is 12.1 Å². The average molecular weight is 265 g/mol. The molecule has 0 saturated carbocycles. The summed E-state index contributed by atoms with van der Waals surface area (Å²) < 4.78 is 0. The molecule has 2 rings (SSSR count). The lowest BCUT2D eigenvalue weighted by molar-refractivity contribution is -0.384. The van der Waals surface area contributed by atoms with Crippen LogP contribution in [0, 0.1) is 17.0 Å². The molecule has 0 spiro atoms. The number of thiazole rings is 1. The van der Waals surface area contributed by atoms with Crippen LogP contribution in [0.1, 0.15) is 9.88 Å². The molecule has 2 aromatic rings. The van der Waals surface area contributed by atoms with Gasteiger partial charge in [-0.05, 0) is 13.0 Å². The molecule has 18 heavy (non-hydrogen) atoms. The molecule has 0 amide bonds. The first-order chi connectivity index (χ1) is 8.56. The largest absolute Gasteiger partial charge is 0.378 e. The third kappa shape index (κ3) is 2.72. The number of rotatable bonds is 4. The standard InChI is InChI=1S/C10H11N5O2S/c1-6-4-13-9(18-6)5-12-8-3-2-7(15(16)17)10(11)14-8/h2-4H,5H2,1H3,(H3,11,12,14). The second-order valence-electron chi connectivity index (χ2n) is 3.58. The molecule has 0 bridgehead atoms. The molecule has 0 radical (unpaired) electrons. The van der Waals surface area contributed by atoms with Crippen LogP contribution in [0.3, 0.4) is 0 Å². The van der Waals surface area contributed by atoms with Crippen molar-refractivity contribution in [3.63, 3.8) is 0 Å². The molecule has 3 N–H and O–H groups in total. The van der Waals surface area contributed by atoms with Crippen molar-refractivity contribution in [1.82, 2.24) is 9.97 Å². The Kier molecular flexibility index (Phi) is 3.38. The third-order valence-electron chi connectivity index (χ3n) is 2.19. The minimum absolute atomic E-state index is 0.0969. The summed E-state index contributed by atoms with van der Waals surface area (Å²) >= 11 is 1.58. The van der Waals surface area contributed by atoms with Crippen molar-refractivity contribution in [3.8, 4) is 0 Å². The summed E-state index contributed by atoms with van der Waals surface area (Å²) in [5, 5.41) is 14.5. The predicted octanol–water partition coefficient (Wildman–Crippen LogP) is 1.95. The van der Waals surface area contributed by atoms with E-state index in [0.717, 1.165) is 9.88 Å². The second kappa shape index (κ2) is 4.96. The maximum Gasteiger partial charge on any atom is 0.311 e. The average Bonchev–Trinajstić information content (AvgIpc) is 2.72. The van der Waals surface area contributed by atoms with E-state index in [-0.39, 0.29) is 11.5 Å². The molecule has 94 valence electrons. The lowest BCUT2D eigenvalue weighted by Gasteiger charge is -2.04. The van der Waals surface area contributed by atoms with Crippen LogP contribution in [0.2, 0.25) is 0 Å². The van der Waals surface area contributed by atoms with Gasteiger partial charge in [0.2, 0.25) is 5.82 Å². The highest BCUT2D eigenvalue weighted by Crippen LogP contribution is 2.21. The van der Waals surface area contributed by atoms with Gasteiger partial charge in [-0.3, -0.25) is 10.1 Å². The number of anilines is 2. The van der Waals surface area contributed by atoms with Gasteiger partial charge in [0, 0.05) is 17.1 Å². The number of hydrogen-bond acceptors (Lipinski definition) is 7. The fourth-order valence-electron chi connectivity index (χ4n) is 1.37. The number of nitro groups is 1. The number of nitrogens with one attached hydrogen (secondary N) is 1. The fourth-order valence-corrected chi connectivity index (χ4v) is 2.10. The summed E-state index contributed by atoms with van der Waals surface area (Å²) in [6.45, 7) is 2.49. The van der Waals surface area contributed by atoms with E-state index in [9.17, 15) is 10.1 Å². The van der Waals surface area contributed by atoms with Gasteiger partial charge < -0.3 is 11.1 Å². The van der Waals surface area contributed by atoms with Crippen LogP contribution in [0.4, 0.5) is 17.3 Å². The van der Waals surface area contributed by atoms with Crippen LogP contribution in [-0.4, -0.2) is 14.9 Å². The topological polar surface area (TPSA) is 107 Å². The van der Waals surface area contributed by atoms with Crippen molar-refractivity contribution >= 4 is 28.7 Å². The Labute approximate surface area is 107 Å². The minimum atomic E-state index is -0.559. The number of hydrogen-bond donors (Lipinski definition) is 2. The number of nitrogens with two attached hydrogens (primary N) is 1. The van der Waals surface area contributed by atoms with Crippen LogP contribution in [0.15, 0.2) is 18.3 Å². The Bertz CT molecular complexity index is 583. The summed E-state index contributed by atoms with van der Waals surface area (Å²) in [5.41, 5.74) is 5.30. The predicted molar refractivity (Wildman–Crippen MR) is 69.5 cm³/mol. The first-order valence-corrected chi connectivity index (χ1v) is 5.94. The summed E-state index contributed by atoms with van der Waals surface area (Å²) in [7, 11) is 0. The summed E-state index contributed by atoms with van der Waals surface area (Å²) in [5.74, 6) is 0.395. The number of nitrogens with zero attached hydrogens (tertiary/aromatic N) is 3. The van der Waals surface area contributed by atoms with Crippen molar-refractivity contribution in [2.75, 3.05) is 11.1 Å². The molecule has 0 atom stereocenters. The fraction of sp³-hybridized carbons (Fsp3) is 0.200. The maximum atomic E-state index is 10.6. The lowest BCUT2D eigenvalue weighted by atomic mass is 10.4. The van der Waals surface area contributed by atoms with E-state index in [2.05, 4.69) is 15.3 Å². The van der Waals surface area contributed by atoms with Crippen LogP contribution < -0.4 is 11.1 Å². The Morgan fingerprint density at radius 1 is 1.56 bits per heavy atom. The van der Waals surface area contributed by atoms with Gasteiger partial charge in [-0.1, -0.05) is 0 Å². The Morgan fingerprint density at radius 2 is 2.33 bits per heavy atom. The Balaban J connectivity index is 2.06. The highest BCUT2D eigenvalue weighted by atomic mass is 32.1. The molecule has 0 unspecified atom stereocenters. The summed E-state index contributed by atoms with van der Waals surface area (Å²) in [6.07, 6.45) is 1.79. The van der Waals surface area contributed by atoms with E-state index in [1.54, 1.807) is 17.5 Å². The second-order valence-corrected chi connectivity index (χ2v) is 4.90. The smallest absolute Gasteiger partial charge is 0.311 e. The molecule has 2 aromatic heterocycles. The Morgan fingerprint density at radius 3 is 2.89 bits per heavy atom.